The zero-order valence-corrected chi connectivity index (χ0v) is 10.3. The fraction of sp³-hybridized carbons (Fsp3) is 0.273. The van der Waals surface area contributed by atoms with Crippen LogP contribution >= 0.6 is 15.9 Å². The van der Waals surface area contributed by atoms with Crippen LogP contribution in [-0.2, 0) is 9.63 Å². The maximum absolute atomic E-state index is 10.8. The van der Waals surface area contributed by atoms with Crippen LogP contribution in [0.4, 0.5) is 5.69 Å². The molecule has 0 saturated heterocycles. The van der Waals surface area contributed by atoms with Crippen molar-refractivity contribution in [3.8, 4) is 0 Å². The second-order valence-corrected chi connectivity index (χ2v) is 4.48. The van der Waals surface area contributed by atoms with Crippen LogP contribution in [-0.4, -0.2) is 10.5 Å². The summed E-state index contributed by atoms with van der Waals surface area (Å²) in [6.07, 6.45) is 0.722. The average molecular weight is 283 g/mol. The molecule has 0 bridgehead atoms. The lowest BCUT2D eigenvalue weighted by atomic mass is 10.1. The second kappa shape index (κ2) is 4.65. The number of nitrogens with zero attached hydrogens (tertiary/aromatic N) is 1. The van der Waals surface area contributed by atoms with Gasteiger partial charge in [0, 0.05) is 19.0 Å². The lowest BCUT2D eigenvalue weighted by molar-refractivity contribution is -0.114. The van der Waals surface area contributed by atoms with Crippen LogP contribution in [0.5, 0.6) is 0 Å². The zero-order valence-electron chi connectivity index (χ0n) is 8.74. The van der Waals surface area contributed by atoms with Gasteiger partial charge >= 0.3 is 0 Å². The molecular weight excluding hydrogens is 272 g/mol. The van der Waals surface area contributed by atoms with E-state index in [2.05, 4.69) is 26.4 Å². The van der Waals surface area contributed by atoms with Gasteiger partial charge in [0.15, 0.2) is 6.10 Å². The van der Waals surface area contributed by atoms with Gasteiger partial charge in [0.25, 0.3) is 0 Å². The Balaban J connectivity index is 2.05. The van der Waals surface area contributed by atoms with Gasteiger partial charge in [-0.3, -0.25) is 4.79 Å². The Bertz CT molecular complexity index is 428. The maximum atomic E-state index is 10.8. The molecule has 0 unspecified atom stereocenters. The summed E-state index contributed by atoms with van der Waals surface area (Å²) >= 11 is 3.29. The number of carbonyl (C=O) groups excluding carboxylic acids is 1. The highest BCUT2D eigenvalue weighted by atomic mass is 79.9. The Morgan fingerprint density at radius 3 is 2.69 bits per heavy atom. The summed E-state index contributed by atoms with van der Waals surface area (Å²) in [4.78, 5) is 16.1. The van der Waals surface area contributed by atoms with Gasteiger partial charge in [-0.1, -0.05) is 17.3 Å². The van der Waals surface area contributed by atoms with Gasteiger partial charge in [0.05, 0.1) is 0 Å². The minimum atomic E-state index is -0.0732. The van der Waals surface area contributed by atoms with Crippen molar-refractivity contribution >= 4 is 32.1 Å². The molecule has 1 heterocycles. The second-order valence-electron chi connectivity index (χ2n) is 3.57. The highest BCUT2D eigenvalue weighted by Crippen LogP contribution is 2.29. The summed E-state index contributed by atoms with van der Waals surface area (Å²) in [5, 5.41) is 6.54. The molecule has 1 N–H and O–H groups in total. The van der Waals surface area contributed by atoms with Crippen LogP contribution in [0.15, 0.2) is 29.4 Å². The molecule has 1 aromatic carbocycles. The summed E-state index contributed by atoms with van der Waals surface area (Å²) in [6.45, 7) is 1.49. The van der Waals surface area contributed by atoms with Gasteiger partial charge in [-0.15, -0.1) is 0 Å². The third-order valence-electron chi connectivity index (χ3n) is 2.24. The quantitative estimate of drug-likeness (QED) is 0.907. The minimum Gasteiger partial charge on any atom is -0.386 e. The number of halogens is 1. The number of amides is 1. The van der Waals surface area contributed by atoms with Crippen molar-refractivity contribution in [1.82, 2.24) is 0 Å². The van der Waals surface area contributed by atoms with E-state index in [0.29, 0.717) is 0 Å². The van der Waals surface area contributed by atoms with E-state index < -0.39 is 0 Å². The molecule has 1 amide bonds. The molecule has 1 atom stereocenters. The Morgan fingerprint density at radius 2 is 2.19 bits per heavy atom. The van der Waals surface area contributed by atoms with Crippen molar-refractivity contribution in [3.63, 3.8) is 0 Å². The molecule has 16 heavy (non-hydrogen) atoms. The topological polar surface area (TPSA) is 50.7 Å². The van der Waals surface area contributed by atoms with Crippen molar-refractivity contribution in [2.75, 3.05) is 5.32 Å². The minimum absolute atomic E-state index is 0.0271. The van der Waals surface area contributed by atoms with E-state index in [9.17, 15) is 4.79 Å². The Labute approximate surface area is 102 Å². The normalized spacial score (nSPS) is 18.9. The number of oxime groups is 1. The van der Waals surface area contributed by atoms with Gasteiger partial charge in [-0.05, 0) is 33.6 Å². The fourth-order valence-electron chi connectivity index (χ4n) is 1.51. The van der Waals surface area contributed by atoms with E-state index >= 15 is 0 Å². The van der Waals surface area contributed by atoms with Crippen LogP contribution in [0.3, 0.4) is 0 Å². The molecule has 4 nitrogen and oxygen atoms in total. The Kier molecular flexibility index (Phi) is 3.24. The lowest BCUT2D eigenvalue weighted by Crippen LogP contribution is -2.05. The van der Waals surface area contributed by atoms with Crippen molar-refractivity contribution in [1.29, 1.82) is 0 Å². The van der Waals surface area contributed by atoms with Crippen LogP contribution in [0.2, 0.25) is 0 Å². The maximum Gasteiger partial charge on any atom is 0.221 e. The van der Waals surface area contributed by atoms with E-state index in [4.69, 9.17) is 4.84 Å². The number of nitrogens with one attached hydrogen (secondary N) is 1. The molecule has 0 radical (unpaired) electrons. The first-order valence-electron chi connectivity index (χ1n) is 4.91. The average Bonchev–Trinajstić information content (AvgIpc) is 2.65. The highest BCUT2D eigenvalue weighted by Gasteiger charge is 2.20. The molecule has 1 aromatic rings. The van der Waals surface area contributed by atoms with Crippen molar-refractivity contribution in [3.05, 3.63) is 29.8 Å². The monoisotopic (exact) mass is 282 g/mol. The molecular formula is C11H11BrN2O2. The SMILES string of the molecule is CC(=O)Nc1ccc([C@H]2CC(Br)=NO2)cc1. The molecule has 0 saturated carbocycles. The largest absolute Gasteiger partial charge is 0.386 e. The molecule has 5 heteroatoms. The van der Waals surface area contributed by atoms with E-state index in [1.807, 2.05) is 24.3 Å². The molecule has 0 aromatic heterocycles. The molecule has 2 rings (SSSR count). The summed E-state index contributed by atoms with van der Waals surface area (Å²) in [5.74, 6) is -0.0732. The number of hydrogen-bond acceptors (Lipinski definition) is 3. The number of benzene rings is 1. The van der Waals surface area contributed by atoms with E-state index in [-0.39, 0.29) is 12.0 Å². The summed E-state index contributed by atoms with van der Waals surface area (Å²) in [5.41, 5.74) is 1.83. The number of carbonyl (C=O) groups is 1. The van der Waals surface area contributed by atoms with E-state index in [0.717, 1.165) is 22.3 Å². The smallest absolute Gasteiger partial charge is 0.221 e. The number of hydrogen-bond donors (Lipinski definition) is 1. The molecule has 84 valence electrons. The number of rotatable bonds is 2. The van der Waals surface area contributed by atoms with Gasteiger partial charge < -0.3 is 10.2 Å². The van der Waals surface area contributed by atoms with Crippen LogP contribution < -0.4 is 5.32 Å². The zero-order chi connectivity index (χ0) is 11.5. The van der Waals surface area contributed by atoms with Gasteiger partial charge in [0.1, 0.15) is 4.62 Å². The van der Waals surface area contributed by atoms with Gasteiger partial charge in [0.2, 0.25) is 5.91 Å². The van der Waals surface area contributed by atoms with E-state index in [1.165, 1.54) is 6.92 Å². The first-order chi connectivity index (χ1) is 7.65. The highest BCUT2D eigenvalue weighted by molar-refractivity contribution is 9.18. The molecule has 0 aliphatic carbocycles. The molecule has 1 aliphatic rings. The summed E-state index contributed by atoms with van der Waals surface area (Å²) in [6, 6.07) is 7.56. The molecule has 0 fully saturated rings. The first kappa shape index (κ1) is 11.1. The predicted molar refractivity (Wildman–Crippen MR) is 65.6 cm³/mol. The third kappa shape index (κ3) is 2.61. The van der Waals surface area contributed by atoms with Gasteiger partial charge in [-0.25, -0.2) is 0 Å². The predicted octanol–water partition coefficient (Wildman–Crippen LogP) is 2.81. The summed E-state index contributed by atoms with van der Waals surface area (Å²) in [7, 11) is 0. The fourth-order valence-corrected chi connectivity index (χ4v) is 1.89. The van der Waals surface area contributed by atoms with Crippen molar-refractivity contribution in [2.45, 2.75) is 19.4 Å². The Morgan fingerprint density at radius 1 is 1.50 bits per heavy atom. The third-order valence-corrected chi connectivity index (χ3v) is 2.70. The van der Waals surface area contributed by atoms with Crippen LogP contribution in [0, 0.1) is 0 Å². The lowest BCUT2D eigenvalue weighted by Gasteiger charge is -2.09. The molecule has 1 aliphatic heterocycles. The summed E-state index contributed by atoms with van der Waals surface area (Å²) < 4.78 is 0.823. The van der Waals surface area contributed by atoms with Crippen LogP contribution in [0.25, 0.3) is 0 Å². The molecule has 0 spiro atoms. The van der Waals surface area contributed by atoms with E-state index in [1.54, 1.807) is 0 Å². The first-order valence-corrected chi connectivity index (χ1v) is 5.70. The standard InChI is InChI=1S/C11H11BrN2O2/c1-7(15)13-9-4-2-8(3-5-9)10-6-11(12)14-16-10/h2-5,10H,6H2,1H3,(H,13,15)/t10-/m1/s1. The van der Waals surface area contributed by atoms with Crippen molar-refractivity contribution < 1.29 is 9.63 Å². The number of anilines is 1. The Hall–Kier alpha value is -1.36. The van der Waals surface area contributed by atoms with Crippen LogP contribution in [0.1, 0.15) is 25.0 Å². The van der Waals surface area contributed by atoms with Gasteiger partial charge in [-0.2, -0.15) is 0 Å². The van der Waals surface area contributed by atoms with Crippen molar-refractivity contribution in [2.24, 2.45) is 5.16 Å².